The van der Waals surface area contributed by atoms with Gasteiger partial charge in [-0.15, -0.1) is 11.8 Å². The summed E-state index contributed by atoms with van der Waals surface area (Å²) in [5.74, 6) is 1.25. The summed E-state index contributed by atoms with van der Waals surface area (Å²) in [5, 5.41) is 0.647. The van der Waals surface area contributed by atoms with Crippen molar-refractivity contribution in [3.63, 3.8) is 0 Å². The Kier molecular flexibility index (Phi) is 6.07. The lowest BCUT2D eigenvalue weighted by molar-refractivity contribution is 0.392. The number of rotatable bonds is 6. The zero-order valence-corrected chi connectivity index (χ0v) is 12.3. The van der Waals surface area contributed by atoms with Crippen molar-refractivity contribution in [3.8, 4) is 0 Å². The van der Waals surface area contributed by atoms with Gasteiger partial charge in [0.15, 0.2) is 0 Å². The summed E-state index contributed by atoms with van der Waals surface area (Å²) in [7, 11) is 0. The average Bonchev–Trinajstić information content (AvgIpc) is 2.26. The summed E-state index contributed by atoms with van der Waals surface area (Å²) in [6.45, 7) is 9.73. The molecule has 0 bridgehead atoms. The fourth-order valence-electron chi connectivity index (χ4n) is 1.87. The molecule has 0 radical (unpaired) electrons. The SMILES string of the molecule is CC(C)Sc1ccc(CC(CN)C(C)C)cc1. The molecule has 0 saturated carbocycles. The molecule has 0 aliphatic heterocycles. The van der Waals surface area contributed by atoms with Crippen LogP contribution in [0.2, 0.25) is 0 Å². The molecule has 1 aromatic carbocycles. The molecule has 0 fully saturated rings. The van der Waals surface area contributed by atoms with E-state index in [0.717, 1.165) is 13.0 Å². The zero-order valence-electron chi connectivity index (χ0n) is 11.4. The average molecular weight is 251 g/mol. The summed E-state index contributed by atoms with van der Waals surface area (Å²) in [6.07, 6.45) is 1.10. The lowest BCUT2D eigenvalue weighted by Crippen LogP contribution is -2.22. The summed E-state index contributed by atoms with van der Waals surface area (Å²) >= 11 is 1.91. The Hall–Kier alpha value is -0.470. The van der Waals surface area contributed by atoms with Gasteiger partial charge in [-0.2, -0.15) is 0 Å². The molecule has 0 spiro atoms. The molecular formula is C15H25NS. The molecule has 1 unspecified atom stereocenters. The molecular weight excluding hydrogens is 226 g/mol. The first-order valence-corrected chi connectivity index (χ1v) is 7.36. The third kappa shape index (κ3) is 5.13. The minimum atomic E-state index is 0.596. The van der Waals surface area contributed by atoms with Gasteiger partial charge in [-0.3, -0.25) is 0 Å². The maximum atomic E-state index is 5.81. The van der Waals surface area contributed by atoms with Crippen molar-refractivity contribution in [2.24, 2.45) is 17.6 Å². The Morgan fingerprint density at radius 2 is 1.65 bits per heavy atom. The Morgan fingerprint density at radius 1 is 1.06 bits per heavy atom. The van der Waals surface area contributed by atoms with Crippen LogP contribution in [0.1, 0.15) is 33.3 Å². The normalized spacial score (nSPS) is 13.4. The second-order valence-electron chi connectivity index (χ2n) is 5.25. The number of benzene rings is 1. The van der Waals surface area contributed by atoms with Gasteiger partial charge in [0.25, 0.3) is 0 Å². The van der Waals surface area contributed by atoms with Crippen LogP contribution in [0.15, 0.2) is 29.2 Å². The van der Waals surface area contributed by atoms with Crippen molar-refractivity contribution in [1.29, 1.82) is 0 Å². The second kappa shape index (κ2) is 7.07. The highest BCUT2D eigenvalue weighted by atomic mass is 32.2. The van der Waals surface area contributed by atoms with E-state index in [4.69, 9.17) is 5.73 Å². The minimum Gasteiger partial charge on any atom is -0.330 e. The fourth-order valence-corrected chi connectivity index (χ4v) is 2.71. The van der Waals surface area contributed by atoms with E-state index in [1.165, 1.54) is 10.5 Å². The molecule has 0 amide bonds. The van der Waals surface area contributed by atoms with Gasteiger partial charge in [0.1, 0.15) is 0 Å². The van der Waals surface area contributed by atoms with Gasteiger partial charge in [-0.1, -0.05) is 39.8 Å². The maximum absolute atomic E-state index is 5.81. The molecule has 1 nitrogen and oxygen atoms in total. The predicted octanol–water partition coefficient (Wildman–Crippen LogP) is 3.96. The predicted molar refractivity (Wildman–Crippen MR) is 78.5 cm³/mol. The van der Waals surface area contributed by atoms with E-state index in [2.05, 4.69) is 52.0 Å². The smallest absolute Gasteiger partial charge is 0.00747 e. The first-order valence-electron chi connectivity index (χ1n) is 6.48. The van der Waals surface area contributed by atoms with Gasteiger partial charge in [0.05, 0.1) is 0 Å². The number of hydrogen-bond donors (Lipinski definition) is 1. The lowest BCUT2D eigenvalue weighted by atomic mass is 9.89. The lowest BCUT2D eigenvalue weighted by Gasteiger charge is -2.18. The van der Waals surface area contributed by atoms with Crippen LogP contribution < -0.4 is 5.73 Å². The van der Waals surface area contributed by atoms with Gasteiger partial charge in [-0.25, -0.2) is 0 Å². The van der Waals surface area contributed by atoms with Crippen molar-refractivity contribution in [2.75, 3.05) is 6.54 Å². The number of hydrogen-bond acceptors (Lipinski definition) is 2. The molecule has 1 aromatic rings. The topological polar surface area (TPSA) is 26.0 Å². The van der Waals surface area contributed by atoms with Crippen LogP contribution in [0.5, 0.6) is 0 Å². The molecule has 1 atom stereocenters. The fraction of sp³-hybridized carbons (Fsp3) is 0.600. The summed E-state index contributed by atoms with van der Waals surface area (Å²) in [5.41, 5.74) is 7.22. The highest BCUT2D eigenvalue weighted by Crippen LogP contribution is 2.24. The zero-order chi connectivity index (χ0) is 12.8. The number of thioether (sulfide) groups is 1. The van der Waals surface area contributed by atoms with Crippen molar-refractivity contribution >= 4 is 11.8 Å². The molecule has 0 aliphatic rings. The molecule has 0 aromatic heterocycles. The largest absolute Gasteiger partial charge is 0.330 e. The van der Waals surface area contributed by atoms with Gasteiger partial charge in [0, 0.05) is 10.1 Å². The Balaban J connectivity index is 2.61. The standard InChI is InChI=1S/C15H25NS/c1-11(2)14(10-16)9-13-5-7-15(8-6-13)17-12(3)4/h5-8,11-12,14H,9-10,16H2,1-4H3. The molecule has 96 valence electrons. The Labute approximate surface area is 110 Å². The second-order valence-corrected chi connectivity index (χ2v) is 6.90. The van der Waals surface area contributed by atoms with E-state index in [-0.39, 0.29) is 0 Å². The molecule has 17 heavy (non-hydrogen) atoms. The quantitative estimate of drug-likeness (QED) is 0.774. The van der Waals surface area contributed by atoms with Crippen LogP contribution in [-0.2, 0) is 6.42 Å². The summed E-state index contributed by atoms with van der Waals surface area (Å²) in [4.78, 5) is 1.36. The Morgan fingerprint density at radius 3 is 2.06 bits per heavy atom. The third-order valence-corrected chi connectivity index (χ3v) is 4.05. The van der Waals surface area contributed by atoms with Crippen LogP contribution in [0, 0.1) is 11.8 Å². The van der Waals surface area contributed by atoms with Crippen LogP contribution in [-0.4, -0.2) is 11.8 Å². The van der Waals surface area contributed by atoms with E-state index in [0.29, 0.717) is 17.1 Å². The van der Waals surface area contributed by atoms with Crippen LogP contribution in [0.3, 0.4) is 0 Å². The van der Waals surface area contributed by atoms with Crippen molar-refractivity contribution in [2.45, 2.75) is 44.3 Å². The first-order chi connectivity index (χ1) is 8.02. The van der Waals surface area contributed by atoms with Gasteiger partial charge >= 0.3 is 0 Å². The van der Waals surface area contributed by atoms with E-state index >= 15 is 0 Å². The maximum Gasteiger partial charge on any atom is 0.00747 e. The van der Waals surface area contributed by atoms with E-state index < -0.39 is 0 Å². The van der Waals surface area contributed by atoms with Crippen molar-refractivity contribution in [3.05, 3.63) is 29.8 Å². The van der Waals surface area contributed by atoms with E-state index in [1.807, 2.05) is 11.8 Å². The highest BCUT2D eigenvalue weighted by molar-refractivity contribution is 7.99. The molecule has 0 aliphatic carbocycles. The van der Waals surface area contributed by atoms with Crippen molar-refractivity contribution in [1.82, 2.24) is 0 Å². The first kappa shape index (κ1) is 14.6. The van der Waals surface area contributed by atoms with Crippen LogP contribution >= 0.6 is 11.8 Å². The molecule has 0 heterocycles. The summed E-state index contributed by atoms with van der Waals surface area (Å²) < 4.78 is 0. The van der Waals surface area contributed by atoms with E-state index in [9.17, 15) is 0 Å². The molecule has 1 rings (SSSR count). The summed E-state index contributed by atoms with van der Waals surface area (Å²) in [6, 6.07) is 8.95. The molecule has 2 N–H and O–H groups in total. The van der Waals surface area contributed by atoms with Gasteiger partial charge < -0.3 is 5.73 Å². The van der Waals surface area contributed by atoms with Gasteiger partial charge in [0.2, 0.25) is 0 Å². The highest BCUT2D eigenvalue weighted by Gasteiger charge is 2.12. The third-order valence-electron chi connectivity index (χ3n) is 3.04. The molecule has 0 saturated heterocycles. The van der Waals surface area contributed by atoms with Gasteiger partial charge in [-0.05, 0) is 42.5 Å². The van der Waals surface area contributed by atoms with Crippen LogP contribution in [0.25, 0.3) is 0 Å². The van der Waals surface area contributed by atoms with E-state index in [1.54, 1.807) is 0 Å². The minimum absolute atomic E-state index is 0.596. The Bertz CT molecular complexity index is 316. The monoisotopic (exact) mass is 251 g/mol. The van der Waals surface area contributed by atoms with Crippen molar-refractivity contribution < 1.29 is 0 Å². The number of nitrogens with two attached hydrogens (primary N) is 1. The molecule has 2 heteroatoms. The van der Waals surface area contributed by atoms with Crippen LogP contribution in [0.4, 0.5) is 0 Å².